The number of benzene rings is 1. The third kappa shape index (κ3) is 3.41. The van der Waals surface area contributed by atoms with Gasteiger partial charge in [-0.05, 0) is 29.8 Å². The fourth-order valence-electron chi connectivity index (χ4n) is 1.48. The summed E-state index contributed by atoms with van der Waals surface area (Å²) in [6.07, 6.45) is 1.56. The van der Waals surface area contributed by atoms with Gasteiger partial charge in [0, 0.05) is 22.0 Å². The largest absolute Gasteiger partial charge is 0.478 e. The van der Waals surface area contributed by atoms with Crippen LogP contribution < -0.4 is 0 Å². The van der Waals surface area contributed by atoms with E-state index in [4.69, 9.17) is 28.3 Å². The van der Waals surface area contributed by atoms with Crippen LogP contribution in [0.5, 0.6) is 0 Å². The lowest BCUT2D eigenvalue weighted by molar-refractivity contribution is 0.0692. The second-order valence-electron chi connectivity index (χ2n) is 3.65. The second-order valence-corrected chi connectivity index (χ2v) is 5.43. The first kappa shape index (κ1) is 14.2. The lowest BCUT2D eigenvalue weighted by atomic mass is 10.2. The van der Waals surface area contributed by atoms with Gasteiger partial charge in [0.2, 0.25) is 0 Å². The van der Waals surface area contributed by atoms with Crippen molar-refractivity contribution >= 4 is 40.9 Å². The van der Waals surface area contributed by atoms with Crippen molar-refractivity contribution in [3.05, 3.63) is 57.7 Å². The fraction of sp³-hybridized carbons (Fsp3) is 0.0769. The van der Waals surface area contributed by atoms with Gasteiger partial charge in [-0.15, -0.1) is 11.8 Å². The first-order valence-corrected chi connectivity index (χ1v) is 7.07. The Bertz CT molecular complexity index is 599. The summed E-state index contributed by atoms with van der Waals surface area (Å²) in [4.78, 5) is 15.1. The Kier molecular flexibility index (Phi) is 4.69. The average molecular weight is 314 g/mol. The molecule has 1 heterocycles. The summed E-state index contributed by atoms with van der Waals surface area (Å²) in [7, 11) is 0. The second kappa shape index (κ2) is 6.28. The molecule has 19 heavy (non-hydrogen) atoms. The smallest absolute Gasteiger partial charge is 0.338 e. The molecule has 0 bridgehead atoms. The third-order valence-corrected chi connectivity index (χ3v) is 4.16. The average Bonchev–Trinajstić information content (AvgIpc) is 2.38. The molecule has 2 rings (SSSR count). The molecule has 0 spiro atoms. The summed E-state index contributed by atoms with van der Waals surface area (Å²) in [6.45, 7) is 0. The van der Waals surface area contributed by atoms with Crippen LogP contribution in [0, 0.1) is 0 Å². The molecule has 0 radical (unpaired) electrons. The Labute approximate surface area is 124 Å². The van der Waals surface area contributed by atoms with Crippen LogP contribution in [-0.2, 0) is 5.75 Å². The zero-order chi connectivity index (χ0) is 13.8. The van der Waals surface area contributed by atoms with Gasteiger partial charge < -0.3 is 5.11 Å². The van der Waals surface area contributed by atoms with Crippen LogP contribution >= 0.6 is 35.0 Å². The Morgan fingerprint density at radius 1 is 1.21 bits per heavy atom. The Hall–Kier alpha value is -1.23. The summed E-state index contributed by atoms with van der Waals surface area (Å²) in [5.74, 6) is -0.531. The van der Waals surface area contributed by atoms with Crippen LogP contribution in [0.3, 0.4) is 0 Å². The minimum Gasteiger partial charge on any atom is -0.478 e. The van der Waals surface area contributed by atoms with E-state index in [9.17, 15) is 4.79 Å². The lowest BCUT2D eigenvalue weighted by Crippen LogP contribution is -2.00. The van der Waals surface area contributed by atoms with Crippen LogP contribution in [0.2, 0.25) is 10.0 Å². The van der Waals surface area contributed by atoms with Gasteiger partial charge in [-0.1, -0.05) is 29.3 Å². The number of hydrogen-bond acceptors (Lipinski definition) is 3. The van der Waals surface area contributed by atoms with E-state index in [0.717, 1.165) is 5.56 Å². The number of thioether (sulfide) groups is 1. The topological polar surface area (TPSA) is 50.2 Å². The van der Waals surface area contributed by atoms with Crippen molar-refractivity contribution < 1.29 is 9.90 Å². The number of carboxylic acids is 1. The van der Waals surface area contributed by atoms with Gasteiger partial charge in [0.05, 0.1) is 5.56 Å². The highest BCUT2D eigenvalue weighted by Crippen LogP contribution is 2.31. The summed E-state index contributed by atoms with van der Waals surface area (Å²) >= 11 is 13.4. The van der Waals surface area contributed by atoms with E-state index in [2.05, 4.69) is 4.98 Å². The molecule has 0 fully saturated rings. The number of aromatic nitrogens is 1. The number of rotatable bonds is 4. The van der Waals surface area contributed by atoms with Crippen molar-refractivity contribution in [2.75, 3.05) is 0 Å². The first-order valence-electron chi connectivity index (χ1n) is 5.33. The molecular formula is C13H9Cl2NO2S. The summed E-state index contributed by atoms with van der Waals surface area (Å²) in [6, 6.07) is 8.38. The summed E-state index contributed by atoms with van der Waals surface area (Å²) in [5.41, 5.74) is 0.952. The van der Waals surface area contributed by atoms with Crippen molar-refractivity contribution in [1.82, 2.24) is 4.98 Å². The first-order chi connectivity index (χ1) is 9.09. The molecule has 1 aromatic heterocycles. The summed E-state index contributed by atoms with van der Waals surface area (Å²) in [5, 5.41) is 10.6. The number of pyridine rings is 1. The standard InChI is InChI=1S/C13H9Cl2NO2S/c14-10-4-1-5-11(15)9(10)7-19-12-8(13(17)18)3-2-6-16-12/h1-6H,7H2,(H,17,18). The third-order valence-electron chi connectivity index (χ3n) is 2.42. The van der Waals surface area contributed by atoms with E-state index in [-0.39, 0.29) is 5.56 Å². The predicted molar refractivity (Wildman–Crippen MR) is 77.2 cm³/mol. The number of hydrogen-bond donors (Lipinski definition) is 1. The van der Waals surface area contributed by atoms with Crippen molar-refractivity contribution in [3.63, 3.8) is 0 Å². The molecular weight excluding hydrogens is 305 g/mol. The molecule has 0 aliphatic rings. The Morgan fingerprint density at radius 2 is 1.89 bits per heavy atom. The minimum atomic E-state index is -0.999. The van der Waals surface area contributed by atoms with E-state index < -0.39 is 5.97 Å². The molecule has 6 heteroatoms. The van der Waals surface area contributed by atoms with Crippen molar-refractivity contribution in [2.24, 2.45) is 0 Å². The van der Waals surface area contributed by atoms with Gasteiger partial charge in [-0.2, -0.15) is 0 Å². The molecule has 1 N–H and O–H groups in total. The SMILES string of the molecule is O=C(O)c1cccnc1SCc1c(Cl)cccc1Cl. The molecule has 3 nitrogen and oxygen atoms in total. The highest BCUT2D eigenvalue weighted by atomic mass is 35.5. The van der Waals surface area contributed by atoms with Gasteiger partial charge >= 0.3 is 5.97 Å². The molecule has 0 aliphatic heterocycles. The van der Waals surface area contributed by atoms with Crippen LogP contribution in [0.4, 0.5) is 0 Å². The van der Waals surface area contributed by atoms with E-state index in [1.54, 1.807) is 30.5 Å². The van der Waals surface area contributed by atoms with E-state index in [1.807, 2.05) is 0 Å². The summed E-state index contributed by atoms with van der Waals surface area (Å²) < 4.78 is 0. The van der Waals surface area contributed by atoms with E-state index in [0.29, 0.717) is 20.8 Å². The number of aromatic carboxylic acids is 1. The molecule has 1 aromatic carbocycles. The molecule has 0 amide bonds. The molecule has 0 saturated heterocycles. The predicted octanol–water partition coefficient (Wildman–Crippen LogP) is 4.38. The van der Waals surface area contributed by atoms with E-state index >= 15 is 0 Å². The maximum absolute atomic E-state index is 11.1. The van der Waals surface area contributed by atoms with Gasteiger partial charge in [-0.3, -0.25) is 0 Å². The van der Waals surface area contributed by atoms with Crippen LogP contribution in [0.15, 0.2) is 41.6 Å². The van der Waals surface area contributed by atoms with Crippen LogP contribution in [-0.4, -0.2) is 16.1 Å². The van der Waals surface area contributed by atoms with Gasteiger partial charge in [-0.25, -0.2) is 9.78 Å². The number of carboxylic acid groups (broad SMARTS) is 1. The zero-order valence-corrected chi connectivity index (χ0v) is 12.0. The van der Waals surface area contributed by atoms with Gasteiger partial charge in [0.25, 0.3) is 0 Å². The van der Waals surface area contributed by atoms with Gasteiger partial charge in [0.1, 0.15) is 5.03 Å². The maximum atomic E-state index is 11.1. The minimum absolute atomic E-state index is 0.177. The normalized spacial score (nSPS) is 10.4. The Morgan fingerprint density at radius 3 is 2.53 bits per heavy atom. The van der Waals surface area contributed by atoms with Crippen molar-refractivity contribution in [1.29, 1.82) is 0 Å². The molecule has 0 unspecified atom stereocenters. The highest BCUT2D eigenvalue weighted by Gasteiger charge is 2.13. The Balaban J connectivity index is 2.22. The molecule has 0 atom stereocenters. The number of carbonyl (C=O) groups is 1. The van der Waals surface area contributed by atoms with Gasteiger partial charge in [0.15, 0.2) is 0 Å². The zero-order valence-electron chi connectivity index (χ0n) is 9.64. The molecule has 0 aliphatic carbocycles. The quantitative estimate of drug-likeness (QED) is 0.851. The van der Waals surface area contributed by atoms with Crippen molar-refractivity contribution in [3.8, 4) is 0 Å². The van der Waals surface area contributed by atoms with Crippen LogP contribution in [0.25, 0.3) is 0 Å². The monoisotopic (exact) mass is 313 g/mol. The molecule has 0 saturated carbocycles. The fourth-order valence-corrected chi connectivity index (χ4v) is 3.21. The number of halogens is 2. The van der Waals surface area contributed by atoms with E-state index in [1.165, 1.54) is 17.8 Å². The highest BCUT2D eigenvalue weighted by molar-refractivity contribution is 7.98. The molecule has 98 valence electrons. The van der Waals surface area contributed by atoms with Crippen molar-refractivity contribution in [2.45, 2.75) is 10.8 Å². The van der Waals surface area contributed by atoms with Crippen LogP contribution in [0.1, 0.15) is 15.9 Å². The molecule has 2 aromatic rings. The number of nitrogens with zero attached hydrogens (tertiary/aromatic N) is 1. The lowest BCUT2D eigenvalue weighted by Gasteiger charge is -2.07. The maximum Gasteiger partial charge on any atom is 0.338 e.